The molecule has 3 heteroatoms. The van der Waals surface area contributed by atoms with Crippen molar-refractivity contribution in [3.05, 3.63) is 70.7 Å². The lowest BCUT2D eigenvalue weighted by Gasteiger charge is -2.38. The second-order valence-electron chi connectivity index (χ2n) is 6.02. The minimum Gasteiger partial charge on any atom is -0.376 e. The van der Waals surface area contributed by atoms with E-state index in [2.05, 4.69) is 41.7 Å². The summed E-state index contributed by atoms with van der Waals surface area (Å²) in [6.45, 7) is 3.47. The first-order valence-electron chi connectivity index (χ1n) is 7.87. The third-order valence-corrected chi connectivity index (χ3v) is 4.72. The zero-order chi connectivity index (χ0) is 15.3. The Bertz CT molecular complexity index is 593. The van der Waals surface area contributed by atoms with Crippen molar-refractivity contribution in [1.29, 1.82) is 0 Å². The molecule has 0 radical (unpaired) electrons. The van der Waals surface area contributed by atoms with E-state index in [0.717, 1.165) is 43.1 Å². The quantitative estimate of drug-likeness (QED) is 0.893. The molecule has 0 spiro atoms. The second kappa shape index (κ2) is 7.28. The molecule has 1 heterocycles. The lowest BCUT2D eigenvalue weighted by molar-refractivity contribution is 0.0565. The Hall–Kier alpha value is -1.35. The van der Waals surface area contributed by atoms with Gasteiger partial charge in [-0.3, -0.25) is 0 Å². The molecule has 0 aromatic heterocycles. The minimum absolute atomic E-state index is 0.130. The van der Waals surface area contributed by atoms with Crippen LogP contribution in [-0.2, 0) is 16.8 Å². The summed E-state index contributed by atoms with van der Waals surface area (Å²) in [4.78, 5) is 0. The van der Waals surface area contributed by atoms with Crippen LogP contribution in [0.15, 0.2) is 54.6 Å². The first-order chi connectivity index (χ1) is 10.8. The van der Waals surface area contributed by atoms with Gasteiger partial charge in [-0.1, -0.05) is 54.1 Å². The predicted molar refractivity (Wildman–Crippen MR) is 91.3 cm³/mol. The van der Waals surface area contributed by atoms with E-state index in [1.54, 1.807) is 0 Å². The predicted octanol–water partition coefficient (Wildman–Crippen LogP) is 4.18. The Morgan fingerprint density at radius 2 is 1.77 bits per heavy atom. The van der Waals surface area contributed by atoms with Crippen molar-refractivity contribution in [2.24, 2.45) is 0 Å². The van der Waals surface area contributed by atoms with Gasteiger partial charge in [0, 0.05) is 10.4 Å². The molecule has 22 heavy (non-hydrogen) atoms. The lowest BCUT2D eigenvalue weighted by atomic mass is 9.74. The first-order valence-corrected chi connectivity index (χ1v) is 8.25. The summed E-state index contributed by atoms with van der Waals surface area (Å²) >= 11 is 6.03. The van der Waals surface area contributed by atoms with Gasteiger partial charge in [-0.05, 0) is 49.2 Å². The highest BCUT2D eigenvalue weighted by molar-refractivity contribution is 6.30. The molecule has 0 unspecified atom stereocenters. The summed E-state index contributed by atoms with van der Waals surface area (Å²) in [5.41, 5.74) is 2.65. The van der Waals surface area contributed by atoms with Gasteiger partial charge in [0.05, 0.1) is 13.2 Å². The number of hydrogen-bond acceptors (Lipinski definition) is 2. The van der Waals surface area contributed by atoms with Gasteiger partial charge >= 0.3 is 0 Å². The van der Waals surface area contributed by atoms with Gasteiger partial charge in [0.1, 0.15) is 0 Å². The van der Waals surface area contributed by atoms with E-state index in [9.17, 15) is 0 Å². The molecule has 0 saturated carbocycles. The van der Waals surface area contributed by atoms with E-state index in [4.69, 9.17) is 16.3 Å². The molecule has 1 saturated heterocycles. The molecular formula is C19H22ClNO. The molecule has 3 rings (SSSR count). The fourth-order valence-corrected chi connectivity index (χ4v) is 3.42. The molecule has 1 fully saturated rings. The SMILES string of the molecule is Clc1cccc(COCC2(c3ccccc3)CCNCC2)c1. The van der Waals surface area contributed by atoms with Crippen LogP contribution in [0.5, 0.6) is 0 Å². The molecule has 1 aliphatic rings. The molecule has 0 atom stereocenters. The summed E-state index contributed by atoms with van der Waals surface area (Å²) in [5.74, 6) is 0. The number of ether oxygens (including phenoxy) is 1. The van der Waals surface area contributed by atoms with Gasteiger partial charge in [-0.25, -0.2) is 0 Å². The normalized spacial score (nSPS) is 17.3. The molecule has 2 nitrogen and oxygen atoms in total. The highest BCUT2D eigenvalue weighted by Gasteiger charge is 2.34. The first kappa shape index (κ1) is 15.5. The fourth-order valence-electron chi connectivity index (χ4n) is 3.20. The monoisotopic (exact) mass is 315 g/mol. The Kier molecular flexibility index (Phi) is 5.14. The van der Waals surface area contributed by atoms with Gasteiger partial charge in [-0.15, -0.1) is 0 Å². The van der Waals surface area contributed by atoms with E-state index >= 15 is 0 Å². The van der Waals surface area contributed by atoms with Crippen LogP contribution in [0, 0.1) is 0 Å². The molecular weight excluding hydrogens is 294 g/mol. The molecule has 0 aliphatic carbocycles. The number of benzene rings is 2. The van der Waals surface area contributed by atoms with Crippen molar-refractivity contribution in [1.82, 2.24) is 5.32 Å². The maximum atomic E-state index is 6.09. The molecule has 0 amide bonds. The largest absolute Gasteiger partial charge is 0.376 e. The van der Waals surface area contributed by atoms with E-state index < -0.39 is 0 Å². The molecule has 1 aliphatic heterocycles. The maximum absolute atomic E-state index is 6.09. The van der Waals surface area contributed by atoms with Crippen LogP contribution < -0.4 is 5.32 Å². The van der Waals surface area contributed by atoms with Crippen molar-refractivity contribution >= 4 is 11.6 Å². The molecule has 2 aromatic carbocycles. The van der Waals surface area contributed by atoms with Crippen LogP contribution in [0.2, 0.25) is 5.02 Å². The summed E-state index contributed by atoms with van der Waals surface area (Å²) in [5, 5.41) is 4.22. The fraction of sp³-hybridized carbons (Fsp3) is 0.368. The van der Waals surface area contributed by atoms with E-state index in [1.807, 2.05) is 18.2 Å². The number of hydrogen-bond donors (Lipinski definition) is 1. The molecule has 2 aromatic rings. The third kappa shape index (κ3) is 3.70. The van der Waals surface area contributed by atoms with Gasteiger partial charge in [0.2, 0.25) is 0 Å². The molecule has 0 bridgehead atoms. The van der Waals surface area contributed by atoms with Crippen LogP contribution in [0.25, 0.3) is 0 Å². The lowest BCUT2D eigenvalue weighted by Crippen LogP contribution is -2.43. The summed E-state index contributed by atoms with van der Waals surface area (Å²) < 4.78 is 6.09. The van der Waals surface area contributed by atoms with Crippen LogP contribution >= 0.6 is 11.6 Å². The molecule has 116 valence electrons. The highest BCUT2D eigenvalue weighted by atomic mass is 35.5. The zero-order valence-electron chi connectivity index (χ0n) is 12.7. The number of piperidine rings is 1. The van der Waals surface area contributed by atoms with E-state index in [1.165, 1.54) is 5.56 Å². The van der Waals surface area contributed by atoms with Crippen LogP contribution in [0.1, 0.15) is 24.0 Å². The smallest absolute Gasteiger partial charge is 0.0717 e. The van der Waals surface area contributed by atoms with Crippen molar-refractivity contribution in [2.45, 2.75) is 24.9 Å². The summed E-state index contributed by atoms with van der Waals surface area (Å²) in [7, 11) is 0. The third-order valence-electron chi connectivity index (χ3n) is 4.48. The van der Waals surface area contributed by atoms with Gasteiger partial charge in [0.15, 0.2) is 0 Å². The van der Waals surface area contributed by atoms with Gasteiger partial charge in [0.25, 0.3) is 0 Å². The Labute approximate surface area is 137 Å². The standard InChI is InChI=1S/C19H22ClNO/c20-18-8-4-5-16(13-18)14-22-15-19(9-11-21-12-10-19)17-6-2-1-3-7-17/h1-8,13,21H,9-12,14-15H2. The van der Waals surface area contributed by atoms with Crippen LogP contribution in [0.4, 0.5) is 0 Å². The van der Waals surface area contributed by atoms with Crippen molar-refractivity contribution < 1.29 is 4.74 Å². The number of nitrogens with one attached hydrogen (secondary N) is 1. The second-order valence-corrected chi connectivity index (χ2v) is 6.46. The summed E-state index contributed by atoms with van der Waals surface area (Å²) in [6.07, 6.45) is 2.24. The number of rotatable bonds is 5. The molecule has 1 N–H and O–H groups in total. The van der Waals surface area contributed by atoms with Crippen molar-refractivity contribution in [3.63, 3.8) is 0 Å². The van der Waals surface area contributed by atoms with Crippen LogP contribution in [0.3, 0.4) is 0 Å². The van der Waals surface area contributed by atoms with E-state index in [-0.39, 0.29) is 5.41 Å². The van der Waals surface area contributed by atoms with Gasteiger partial charge in [-0.2, -0.15) is 0 Å². The van der Waals surface area contributed by atoms with Crippen molar-refractivity contribution in [3.8, 4) is 0 Å². The van der Waals surface area contributed by atoms with Gasteiger partial charge < -0.3 is 10.1 Å². The Morgan fingerprint density at radius 3 is 2.50 bits per heavy atom. The van der Waals surface area contributed by atoms with Crippen molar-refractivity contribution in [2.75, 3.05) is 19.7 Å². The average molecular weight is 316 g/mol. The van der Waals surface area contributed by atoms with E-state index in [0.29, 0.717) is 6.61 Å². The Morgan fingerprint density at radius 1 is 1.00 bits per heavy atom. The summed E-state index contributed by atoms with van der Waals surface area (Å²) in [6, 6.07) is 18.7. The zero-order valence-corrected chi connectivity index (χ0v) is 13.5. The Balaban J connectivity index is 1.68. The topological polar surface area (TPSA) is 21.3 Å². The maximum Gasteiger partial charge on any atom is 0.0717 e. The highest BCUT2D eigenvalue weighted by Crippen LogP contribution is 2.34. The minimum atomic E-state index is 0.130. The van der Waals surface area contributed by atoms with Crippen LogP contribution in [-0.4, -0.2) is 19.7 Å². The number of halogens is 1. The average Bonchev–Trinajstić information content (AvgIpc) is 2.57.